The summed E-state index contributed by atoms with van der Waals surface area (Å²) in [5.41, 5.74) is 5.51. The number of nitrogens with zero attached hydrogens (tertiary/aromatic N) is 1. The van der Waals surface area contributed by atoms with E-state index in [1.807, 2.05) is 13.0 Å². The van der Waals surface area contributed by atoms with Crippen molar-refractivity contribution in [1.82, 2.24) is 4.57 Å². The predicted molar refractivity (Wildman–Crippen MR) is 112 cm³/mol. The van der Waals surface area contributed by atoms with Crippen LogP contribution in [0.2, 0.25) is 5.02 Å². The molecule has 148 valence electrons. The Bertz CT molecular complexity index is 980. The maximum absolute atomic E-state index is 10.3. The third kappa shape index (κ3) is 3.83. The summed E-state index contributed by atoms with van der Waals surface area (Å²) in [5.74, 6) is 0. The van der Waals surface area contributed by atoms with E-state index >= 15 is 0 Å². The van der Waals surface area contributed by atoms with Crippen LogP contribution in [0.3, 0.4) is 0 Å². The van der Waals surface area contributed by atoms with Crippen molar-refractivity contribution >= 4 is 22.5 Å². The van der Waals surface area contributed by atoms with Gasteiger partial charge in [0.05, 0.1) is 35.5 Å². The fourth-order valence-electron chi connectivity index (χ4n) is 4.13. The zero-order valence-electron chi connectivity index (χ0n) is 16.2. The van der Waals surface area contributed by atoms with Crippen LogP contribution in [0.4, 0.5) is 0 Å². The SMILES string of the molecule is Cc1ccc(Cn2cc([C@H]3C[C@@H](O)C[C@@H](CO)O3)c3cc(C)cc(Cl)c32)cc1. The van der Waals surface area contributed by atoms with Gasteiger partial charge in [-0.1, -0.05) is 41.4 Å². The average molecular weight is 400 g/mol. The van der Waals surface area contributed by atoms with Crippen molar-refractivity contribution in [3.05, 3.63) is 69.9 Å². The largest absolute Gasteiger partial charge is 0.394 e. The molecule has 5 heteroatoms. The molecule has 1 aliphatic heterocycles. The molecule has 2 N–H and O–H groups in total. The van der Waals surface area contributed by atoms with E-state index in [0.29, 0.717) is 24.4 Å². The third-order valence-electron chi connectivity index (χ3n) is 5.50. The van der Waals surface area contributed by atoms with Crippen LogP contribution in [0.15, 0.2) is 42.6 Å². The molecule has 0 radical (unpaired) electrons. The summed E-state index contributed by atoms with van der Waals surface area (Å²) < 4.78 is 8.25. The molecule has 1 fully saturated rings. The molecule has 4 rings (SSSR count). The van der Waals surface area contributed by atoms with Crippen LogP contribution in [0.5, 0.6) is 0 Å². The number of aliphatic hydroxyl groups is 2. The minimum Gasteiger partial charge on any atom is -0.394 e. The highest BCUT2D eigenvalue weighted by atomic mass is 35.5. The van der Waals surface area contributed by atoms with Gasteiger partial charge in [-0.05, 0) is 37.1 Å². The van der Waals surface area contributed by atoms with E-state index in [-0.39, 0.29) is 18.8 Å². The quantitative estimate of drug-likeness (QED) is 0.677. The van der Waals surface area contributed by atoms with Gasteiger partial charge in [0.15, 0.2) is 0 Å². The number of halogens is 1. The molecule has 1 aliphatic rings. The molecule has 4 nitrogen and oxygen atoms in total. The predicted octanol–water partition coefficient (Wildman–Crippen LogP) is 4.53. The van der Waals surface area contributed by atoms with Gasteiger partial charge in [0.2, 0.25) is 0 Å². The maximum Gasteiger partial charge on any atom is 0.0875 e. The maximum atomic E-state index is 10.3. The summed E-state index contributed by atoms with van der Waals surface area (Å²) in [5, 5.41) is 21.6. The van der Waals surface area contributed by atoms with Crippen molar-refractivity contribution in [3.63, 3.8) is 0 Å². The minimum atomic E-state index is -0.480. The number of aliphatic hydroxyl groups excluding tert-OH is 2. The number of benzene rings is 2. The Kier molecular flexibility index (Phi) is 5.48. The van der Waals surface area contributed by atoms with Crippen LogP contribution < -0.4 is 0 Å². The van der Waals surface area contributed by atoms with Crippen molar-refractivity contribution in [2.75, 3.05) is 6.61 Å². The summed E-state index contributed by atoms with van der Waals surface area (Å²) in [4.78, 5) is 0. The first-order chi connectivity index (χ1) is 13.4. The number of hydrogen-bond acceptors (Lipinski definition) is 3. The summed E-state index contributed by atoms with van der Waals surface area (Å²) >= 11 is 6.64. The summed E-state index contributed by atoms with van der Waals surface area (Å²) in [7, 11) is 0. The molecule has 0 bridgehead atoms. The molecule has 0 aliphatic carbocycles. The van der Waals surface area contributed by atoms with Gasteiger partial charge in [0.1, 0.15) is 0 Å². The molecule has 0 saturated carbocycles. The summed E-state index contributed by atoms with van der Waals surface area (Å²) in [6.45, 7) is 4.73. The van der Waals surface area contributed by atoms with Crippen molar-refractivity contribution in [2.24, 2.45) is 0 Å². The van der Waals surface area contributed by atoms with Crippen molar-refractivity contribution < 1.29 is 14.9 Å². The fourth-order valence-corrected chi connectivity index (χ4v) is 4.51. The number of fused-ring (bicyclic) bond motifs is 1. The van der Waals surface area contributed by atoms with E-state index in [0.717, 1.165) is 22.0 Å². The Morgan fingerprint density at radius 2 is 1.86 bits per heavy atom. The Balaban J connectivity index is 1.79. The van der Waals surface area contributed by atoms with E-state index in [2.05, 4.69) is 48.0 Å². The second kappa shape index (κ2) is 7.88. The van der Waals surface area contributed by atoms with Crippen LogP contribution in [-0.2, 0) is 11.3 Å². The van der Waals surface area contributed by atoms with Crippen LogP contribution in [-0.4, -0.2) is 33.6 Å². The van der Waals surface area contributed by atoms with E-state index in [1.54, 1.807) is 0 Å². The molecule has 2 aromatic carbocycles. The Morgan fingerprint density at radius 3 is 2.57 bits per heavy atom. The molecular weight excluding hydrogens is 374 g/mol. The average Bonchev–Trinajstić information content (AvgIpc) is 3.01. The Morgan fingerprint density at radius 1 is 1.11 bits per heavy atom. The molecule has 28 heavy (non-hydrogen) atoms. The smallest absolute Gasteiger partial charge is 0.0875 e. The second-order valence-electron chi connectivity index (χ2n) is 7.90. The van der Waals surface area contributed by atoms with Crippen LogP contribution >= 0.6 is 11.6 Å². The Labute approximate surface area is 170 Å². The highest BCUT2D eigenvalue weighted by Crippen LogP contribution is 2.39. The Hall–Kier alpha value is -1.85. The number of aromatic nitrogens is 1. The number of hydrogen-bond donors (Lipinski definition) is 2. The lowest BCUT2D eigenvalue weighted by molar-refractivity contribution is -0.113. The molecule has 1 aromatic heterocycles. The monoisotopic (exact) mass is 399 g/mol. The van der Waals surface area contributed by atoms with Gasteiger partial charge in [-0.3, -0.25) is 0 Å². The highest BCUT2D eigenvalue weighted by molar-refractivity contribution is 6.35. The van der Waals surface area contributed by atoms with Crippen LogP contribution in [0, 0.1) is 13.8 Å². The lowest BCUT2D eigenvalue weighted by Gasteiger charge is -2.32. The highest BCUT2D eigenvalue weighted by Gasteiger charge is 2.31. The van der Waals surface area contributed by atoms with Crippen LogP contribution in [0.1, 0.15) is 41.2 Å². The number of aryl methyl sites for hydroxylation is 2. The fraction of sp³-hybridized carbons (Fsp3) is 0.391. The zero-order valence-corrected chi connectivity index (χ0v) is 17.0. The molecule has 3 aromatic rings. The second-order valence-corrected chi connectivity index (χ2v) is 8.30. The molecule has 1 saturated heterocycles. The van der Waals surface area contributed by atoms with Gasteiger partial charge in [0, 0.05) is 36.5 Å². The summed E-state index contributed by atoms with van der Waals surface area (Å²) in [6, 6.07) is 12.6. The van der Waals surface area contributed by atoms with Gasteiger partial charge in [0.25, 0.3) is 0 Å². The molecule has 3 atom stereocenters. The molecule has 0 unspecified atom stereocenters. The summed E-state index contributed by atoms with van der Waals surface area (Å²) in [6.07, 6.45) is 1.99. The minimum absolute atomic E-state index is 0.0879. The van der Waals surface area contributed by atoms with Crippen molar-refractivity contribution in [2.45, 2.75) is 51.5 Å². The number of ether oxygens (including phenoxy) is 1. The number of rotatable bonds is 4. The van der Waals surface area contributed by atoms with Gasteiger partial charge in [-0.15, -0.1) is 0 Å². The van der Waals surface area contributed by atoms with Gasteiger partial charge < -0.3 is 19.5 Å². The van der Waals surface area contributed by atoms with Gasteiger partial charge in [-0.2, -0.15) is 0 Å². The van der Waals surface area contributed by atoms with Crippen molar-refractivity contribution in [3.8, 4) is 0 Å². The zero-order chi connectivity index (χ0) is 19.8. The first-order valence-electron chi connectivity index (χ1n) is 9.73. The lowest BCUT2D eigenvalue weighted by Crippen LogP contribution is -2.33. The van der Waals surface area contributed by atoms with Crippen molar-refractivity contribution in [1.29, 1.82) is 0 Å². The molecule has 0 spiro atoms. The first kappa shape index (κ1) is 19.5. The standard InChI is InChI=1S/C23H26ClNO3/c1-14-3-5-16(6-4-14)11-25-12-20(19-7-15(2)8-21(24)23(19)25)22-10-17(27)9-18(13-26)28-22/h3-8,12,17-18,22,26-27H,9-11,13H2,1-2H3/t17-,18-,22+/m0/s1. The molecule has 0 amide bonds. The normalized spacial score (nSPS) is 22.7. The first-order valence-corrected chi connectivity index (χ1v) is 10.1. The third-order valence-corrected chi connectivity index (χ3v) is 5.79. The molecular formula is C23H26ClNO3. The van der Waals surface area contributed by atoms with Crippen LogP contribution in [0.25, 0.3) is 10.9 Å². The molecule has 2 heterocycles. The lowest BCUT2D eigenvalue weighted by atomic mass is 9.95. The van der Waals surface area contributed by atoms with E-state index < -0.39 is 6.10 Å². The van der Waals surface area contributed by atoms with Gasteiger partial charge in [-0.25, -0.2) is 0 Å². The van der Waals surface area contributed by atoms with Gasteiger partial charge >= 0.3 is 0 Å². The van der Waals surface area contributed by atoms with E-state index in [1.165, 1.54) is 11.1 Å². The van der Waals surface area contributed by atoms with E-state index in [4.69, 9.17) is 16.3 Å². The topological polar surface area (TPSA) is 54.6 Å². The van der Waals surface area contributed by atoms with E-state index in [9.17, 15) is 10.2 Å².